The second-order valence-corrected chi connectivity index (χ2v) is 6.69. The van der Waals surface area contributed by atoms with E-state index >= 15 is 0 Å². The molecule has 0 amide bonds. The van der Waals surface area contributed by atoms with Crippen LogP contribution in [-0.4, -0.2) is 26.3 Å². The quantitative estimate of drug-likeness (QED) is 0.644. The molecule has 0 N–H and O–H groups in total. The topological polar surface area (TPSA) is 29.5 Å². The number of nitrogens with zero attached hydrogens (tertiary/aromatic N) is 1. The lowest BCUT2D eigenvalue weighted by Gasteiger charge is -2.30. The average molecular weight is 311 g/mol. The highest BCUT2D eigenvalue weighted by atomic mass is 32.1. The summed E-state index contributed by atoms with van der Waals surface area (Å²) in [5, 5.41) is 1.69. The fraction of sp³-hybridized carbons (Fsp3) is 0.278. The first kappa shape index (κ1) is 13.7. The lowest BCUT2D eigenvalue weighted by Crippen LogP contribution is -2.36. The van der Waals surface area contributed by atoms with Crippen LogP contribution in [0.3, 0.4) is 0 Å². The van der Waals surface area contributed by atoms with Crippen molar-refractivity contribution >= 4 is 37.2 Å². The minimum absolute atomic E-state index is 0.150. The van der Waals surface area contributed by atoms with Crippen LogP contribution in [0.5, 0.6) is 0 Å². The average Bonchev–Trinajstić information content (AvgIpc) is 2.56. The molecule has 112 valence electrons. The van der Waals surface area contributed by atoms with E-state index in [9.17, 15) is 4.79 Å². The highest BCUT2D eigenvalue weighted by Gasteiger charge is 2.17. The number of anilines is 1. The van der Waals surface area contributed by atoms with Crippen molar-refractivity contribution in [3.63, 3.8) is 0 Å². The number of hydrogen-bond acceptors (Lipinski definition) is 4. The van der Waals surface area contributed by atoms with Gasteiger partial charge in [0.05, 0.1) is 13.2 Å². The van der Waals surface area contributed by atoms with E-state index in [1.807, 2.05) is 24.3 Å². The summed E-state index contributed by atoms with van der Waals surface area (Å²) in [5.41, 5.74) is 2.40. The van der Waals surface area contributed by atoms with Gasteiger partial charge in [0.1, 0.15) is 0 Å². The van der Waals surface area contributed by atoms with Crippen molar-refractivity contribution in [2.45, 2.75) is 6.92 Å². The highest BCUT2D eigenvalue weighted by molar-refractivity contribution is 7.24. The normalized spacial score (nSPS) is 15.6. The zero-order valence-electron chi connectivity index (χ0n) is 12.5. The third kappa shape index (κ3) is 2.11. The van der Waals surface area contributed by atoms with Gasteiger partial charge < -0.3 is 9.64 Å². The van der Waals surface area contributed by atoms with Crippen LogP contribution < -0.4 is 10.3 Å². The zero-order valence-corrected chi connectivity index (χ0v) is 13.3. The van der Waals surface area contributed by atoms with E-state index in [-0.39, 0.29) is 5.43 Å². The first-order chi connectivity index (χ1) is 10.8. The highest BCUT2D eigenvalue weighted by Crippen LogP contribution is 2.31. The van der Waals surface area contributed by atoms with Crippen LogP contribution in [0, 0.1) is 6.92 Å². The Kier molecular flexibility index (Phi) is 3.36. The molecule has 22 heavy (non-hydrogen) atoms. The number of hydrogen-bond donors (Lipinski definition) is 0. The molecule has 2 aromatic carbocycles. The van der Waals surface area contributed by atoms with Crippen LogP contribution in [0.2, 0.25) is 0 Å². The lowest BCUT2D eigenvalue weighted by molar-refractivity contribution is 0.122. The van der Waals surface area contributed by atoms with Gasteiger partial charge in [-0.2, -0.15) is 0 Å². The Morgan fingerprint density at radius 2 is 1.82 bits per heavy atom. The summed E-state index contributed by atoms with van der Waals surface area (Å²) >= 11 is 1.69. The maximum Gasteiger partial charge on any atom is 0.196 e. The van der Waals surface area contributed by atoms with Crippen molar-refractivity contribution in [3.8, 4) is 0 Å². The molecule has 0 saturated carbocycles. The van der Waals surface area contributed by atoms with Crippen LogP contribution >= 0.6 is 11.3 Å². The molecule has 1 aliphatic rings. The van der Waals surface area contributed by atoms with E-state index in [0.29, 0.717) is 0 Å². The molecular formula is C18H17NO2S. The molecule has 0 aliphatic carbocycles. The maximum absolute atomic E-state index is 12.9. The van der Waals surface area contributed by atoms with Crippen LogP contribution in [0.15, 0.2) is 41.2 Å². The first-order valence-corrected chi connectivity index (χ1v) is 8.35. The summed E-state index contributed by atoms with van der Waals surface area (Å²) < 4.78 is 7.55. The van der Waals surface area contributed by atoms with Gasteiger partial charge in [0, 0.05) is 38.9 Å². The number of rotatable bonds is 1. The van der Waals surface area contributed by atoms with Gasteiger partial charge in [-0.25, -0.2) is 0 Å². The summed E-state index contributed by atoms with van der Waals surface area (Å²) in [5.74, 6) is 0. The van der Waals surface area contributed by atoms with Gasteiger partial charge >= 0.3 is 0 Å². The monoisotopic (exact) mass is 311 g/mol. The van der Waals surface area contributed by atoms with Crippen molar-refractivity contribution in [2.75, 3.05) is 31.2 Å². The molecule has 0 unspecified atom stereocenters. The number of morpholine rings is 1. The van der Waals surface area contributed by atoms with Gasteiger partial charge in [-0.15, -0.1) is 11.3 Å². The lowest BCUT2D eigenvalue weighted by atomic mass is 10.1. The summed E-state index contributed by atoms with van der Waals surface area (Å²) in [7, 11) is 0. The number of ether oxygens (including phenoxy) is 1. The van der Waals surface area contributed by atoms with Gasteiger partial charge in [0.15, 0.2) is 5.43 Å². The van der Waals surface area contributed by atoms with Gasteiger partial charge in [-0.1, -0.05) is 12.1 Å². The number of benzene rings is 2. The third-order valence-corrected chi connectivity index (χ3v) is 5.46. The second-order valence-electron chi connectivity index (χ2n) is 5.61. The van der Waals surface area contributed by atoms with Gasteiger partial charge in [-0.05, 0) is 36.8 Å². The number of fused-ring (bicyclic) bond motifs is 2. The smallest absolute Gasteiger partial charge is 0.196 e. The van der Waals surface area contributed by atoms with Crippen molar-refractivity contribution in [2.24, 2.45) is 0 Å². The predicted molar refractivity (Wildman–Crippen MR) is 93.4 cm³/mol. The Hall–Kier alpha value is -1.91. The molecule has 4 heteroatoms. The fourth-order valence-electron chi connectivity index (χ4n) is 3.19. The molecule has 3 aromatic rings. The van der Waals surface area contributed by atoms with Crippen molar-refractivity contribution in [1.82, 2.24) is 0 Å². The molecule has 0 bridgehead atoms. The van der Waals surface area contributed by atoms with E-state index in [1.54, 1.807) is 11.3 Å². The zero-order chi connectivity index (χ0) is 15.1. The summed E-state index contributed by atoms with van der Waals surface area (Å²) in [6.07, 6.45) is 0. The van der Waals surface area contributed by atoms with E-state index in [0.717, 1.165) is 57.7 Å². The molecule has 4 rings (SSSR count). The van der Waals surface area contributed by atoms with E-state index in [1.165, 1.54) is 0 Å². The fourth-order valence-corrected chi connectivity index (χ4v) is 4.32. The second kappa shape index (κ2) is 5.38. The molecular weight excluding hydrogens is 294 g/mol. The SMILES string of the molecule is Cc1c(N2CCOCC2)ccc2sc3ccccc3c(=O)c12. The summed E-state index contributed by atoms with van der Waals surface area (Å²) in [6.45, 7) is 5.34. The molecule has 2 heterocycles. The maximum atomic E-state index is 12.9. The Balaban J connectivity index is 1.99. The van der Waals surface area contributed by atoms with Crippen LogP contribution in [0.25, 0.3) is 20.2 Å². The molecule has 1 aromatic heterocycles. The summed E-state index contributed by atoms with van der Waals surface area (Å²) in [4.78, 5) is 15.2. The molecule has 0 spiro atoms. The summed E-state index contributed by atoms with van der Waals surface area (Å²) in [6, 6.07) is 12.1. The third-order valence-electron chi connectivity index (χ3n) is 4.33. The molecule has 3 nitrogen and oxygen atoms in total. The van der Waals surface area contributed by atoms with Crippen LogP contribution in [-0.2, 0) is 4.74 Å². The first-order valence-electron chi connectivity index (χ1n) is 7.53. The largest absolute Gasteiger partial charge is 0.378 e. The van der Waals surface area contributed by atoms with Crippen molar-refractivity contribution in [3.05, 3.63) is 52.2 Å². The Morgan fingerprint density at radius 3 is 2.64 bits per heavy atom. The molecule has 1 fully saturated rings. The molecule has 1 aliphatic heterocycles. The van der Waals surface area contributed by atoms with Crippen LogP contribution in [0.1, 0.15) is 5.56 Å². The van der Waals surface area contributed by atoms with Crippen molar-refractivity contribution < 1.29 is 4.74 Å². The van der Waals surface area contributed by atoms with E-state index < -0.39 is 0 Å². The minimum atomic E-state index is 0.150. The van der Waals surface area contributed by atoms with Gasteiger partial charge in [-0.3, -0.25) is 4.79 Å². The van der Waals surface area contributed by atoms with E-state index in [4.69, 9.17) is 4.74 Å². The Labute approximate surface area is 132 Å². The van der Waals surface area contributed by atoms with Gasteiger partial charge in [0.25, 0.3) is 0 Å². The molecule has 0 atom stereocenters. The molecule has 1 saturated heterocycles. The Bertz CT molecular complexity index is 910. The van der Waals surface area contributed by atoms with E-state index in [2.05, 4.69) is 24.0 Å². The standard InChI is InChI=1S/C18H17NO2S/c1-12-14(19-8-10-21-11-9-19)6-7-16-17(12)18(20)13-4-2-3-5-15(13)22-16/h2-7H,8-11H2,1H3. The number of aryl methyl sites for hydroxylation is 1. The minimum Gasteiger partial charge on any atom is -0.378 e. The van der Waals surface area contributed by atoms with Gasteiger partial charge in [0.2, 0.25) is 0 Å². The predicted octanol–water partition coefficient (Wildman–Crippen LogP) is 3.56. The Morgan fingerprint density at radius 1 is 1.05 bits per heavy atom. The van der Waals surface area contributed by atoms with Crippen LogP contribution in [0.4, 0.5) is 5.69 Å². The molecule has 0 radical (unpaired) electrons. The van der Waals surface area contributed by atoms with Crippen molar-refractivity contribution in [1.29, 1.82) is 0 Å².